The van der Waals surface area contributed by atoms with Gasteiger partial charge in [0.25, 0.3) is 5.91 Å². The van der Waals surface area contributed by atoms with E-state index < -0.39 is 0 Å². The Morgan fingerprint density at radius 2 is 2.00 bits per heavy atom. The third kappa shape index (κ3) is 2.61. The number of benzene rings is 1. The van der Waals surface area contributed by atoms with Crippen molar-refractivity contribution in [2.24, 2.45) is 5.84 Å². The number of rotatable bonds is 3. The Hall–Kier alpha value is -2.47. The van der Waals surface area contributed by atoms with Gasteiger partial charge in [-0.05, 0) is 30.7 Å². The molecule has 6 nitrogen and oxygen atoms in total. The number of carbonyl (C=O) groups excluding carboxylic acids is 1. The third-order valence-corrected chi connectivity index (χ3v) is 2.37. The first-order valence-electron chi connectivity index (χ1n) is 5.36. The number of nitrogens with one attached hydrogen (secondary N) is 2. The zero-order valence-electron chi connectivity index (χ0n) is 9.84. The summed E-state index contributed by atoms with van der Waals surface area (Å²) in [5.74, 6) is 5.33. The smallest absolute Gasteiger partial charge is 0.260 e. The van der Waals surface area contributed by atoms with Gasteiger partial charge in [-0.15, -0.1) is 0 Å². The molecule has 0 aliphatic rings. The summed E-state index contributed by atoms with van der Waals surface area (Å²) in [7, 11) is 0. The van der Waals surface area contributed by atoms with Crippen LogP contribution in [0.25, 0.3) is 0 Å². The van der Waals surface area contributed by atoms with E-state index in [9.17, 15) is 4.79 Å². The van der Waals surface area contributed by atoms with Crippen LogP contribution in [0.4, 0.5) is 11.6 Å². The van der Waals surface area contributed by atoms with Crippen LogP contribution in [0.15, 0.2) is 36.7 Å². The van der Waals surface area contributed by atoms with Crippen molar-refractivity contribution in [3.8, 4) is 0 Å². The maximum absolute atomic E-state index is 12.0. The van der Waals surface area contributed by atoms with Gasteiger partial charge in [0.1, 0.15) is 0 Å². The predicted octanol–water partition coefficient (Wildman–Crippen LogP) is 1.32. The molecule has 2 rings (SSSR count). The molecule has 92 valence electrons. The van der Waals surface area contributed by atoms with E-state index in [1.807, 2.05) is 13.0 Å². The van der Waals surface area contributed by atoms with Crippen LogP contribution in [0.2, 0.25) is 0 Å². The number of aryl methyl sites for hydroxylation is 1. The number of nitrogen functional groups attached to an aromatic ring is 1. The van der Waals surface area contributed by atoms with Crippen molar-refractivity contribution >= 4 is 17.5 Å². The van der Waals surface area contributed by atoms with E-state index in [0.29, 0.717) is 11.3 Å². The molecule has 6 heteroatoms. The largest absolute Gasteiger partial charge is 0.323 e. The van der Waals surface area contributed by atoms with E-state index in [0.717, 1.165) is 5.56 Å². The first-order chi connectivity index (χ1) is 8.70. The molecule has 1 aromatic carbocycles. The molecule has 0 atom stereocenters. The van der Waals surface area contributed by atoms with Gasteiger partial charge < -0.3 is 5.43 Å². The summed E-state index contributed by atoms with van der Waals surface area (Å²) in [6.07, 6.45) is 3.11. The van der Waals surface area contributed by atoms with Gasteiger partial charge in [0.2, 0.25) is 5.95 Å². The number of aromatic nitrogens is 2. The maximum Gasteiger partial charge on any atom is 0.260 e. The molecular formula is C12H13N5O. The second kappa shape index (κ2) is 5.24. The average molecular weight is 243 g/mol. The van der Waals surface area contributed by atoms with E-state index >= 15 is 0 Å². The zero-order chi connectivity index (χ0) is 13.0. The van der Waals surface area contributed by atoms with Gasteiger partial charge in [0.05, 0.1) is 11.3 Å². The topological polar surface area (TPSA) is 92.9 Å². The van der Waals surface area contributed by atoms with Gasteiger partial charge in [0, 0.05) is 12.4 Å². The molecule has 18 heavy (non-hydrogen) atoms. The lowest BCUT2D eigenvalue weighted by molar-refractivity contribution is 0.102. The van der Waals surface area contributed by atoms with Gasteiger partial charge in [0.15, 0.2) is 0 Å². The highest BCUT2D eigenvalue weighted by atomic mass is 16.1. The Labute approximate surface area is 104 Å². The van der Waals surface area contributed by atoms with Crippen LogP contribution < -0.4 is 16.6 Å². The fourth-order valence-electron chi connectivity index (χ4n) is 1.51. The van der Waals surface area contributed by atoms with E-state index in [2.05, 4.69) is 20.7 Å². The minimum Gasteiger partial charge on any atom is -0.323 e. The molecule has 0 fully saturated rings. The summed E-state index contributed by atoms with van der Waals surface area (Å²) in [6, 6.07) is 7.00. The number of anilines is 2. The molecule has 1 aromatic heterocycles. The van der Waals surface area contributed by atoms with Gasteiger partial charge in [-0.25, -0.2) is 9.97 Å². The third-order valence-electron chi connectivity index (χ3n) is 2.37. The van der Waals surface area contributed by atoms with Gasteiger partial charge in [-0.1, -0.05) is 6.07 Å². The Balaban J connectivity index is 2.24. The molecule has 1 heterocycles. The SMILES string of the molecule is Cc1ccc(C(=O)Nc2ncccn2)c(NN)c1. The molecule has 0 saturated carbocycles. The van der Waals surface area contributed by atoms with Crippen molar-refractivity contribution in [3.05, 3.63) is 47.8 Å². The minimum atomic E-state index is -0.311. The molecule has 0 spiro atoms. The summed E-state index contributed by atoms with van der Waals surface area (Å²) < 4.78 is 0. The number of hydrogen-bond acceptors (Lipinski definition) is 5. The van der Waals surface area contributed by atoms with E-state index in [4.69, 9.17) is 5.84 Å². The second-order valence-electron chi connectivity index (χ2n) is 3.72. The van der Waals surface area contributed by atoms with Crippen LogP contribution in [-0.2, 0) is 0 Å². The maximum atomic E-state index is 12.0. The lowest BCUT2D eigenvalue weighted by Crippen LogP contribution is -2.18. The number of carbonyl (C=O) groups is 1. The minimum absolute atomic E-state index is 0.256. The molecule has 4 N–H and O–H groups in total. The number of nitrogens with zero attached hydrogens (tertiary/aromatic N) is 2. The molecule has 0 saturated heterocycles. The average Bonchev–Trinajstić information content (AvgIpc) is 2.39. The van der Waals surface area contributed by atoms with Crippen LogP contribution in [-0.4, -0.2) is 15.9 Å². The summed E-state index contributed by atoms with van der Waals surface area (Å²) >= 11 is 0. The van der Waals surface area contributed by atoms with Crippen LogP contribution in [0.1, 0.15) is 15.9 Å². The van der Waals surface area contributed by atoms with Gasteiger partial charge in [-0.2, -0.15) is 0 Å². The number of nitrogens with two attached hydrogens (primary N) is 1. The highest BCUT2D eigenvalue weighted by molar-refractivity contribution is 6.07. The molecule has 0 unspecified atom stereocenters. The molecule has 2 aromatic rings. The Morgan fingerprint density at radius 3 is 2.67 bits per heavy atom. The van der Waals surface area contributed by atoms with Crippen LogP contribution in [0, 0.1) is 6.92 Å². The van der Waals surface area contributed by atoms with E-state index in [1.54, 1.807) is 30.6 Å². The van der Waals surface area contributed by atoms with Crippen LogP contribution >= 0.6 is 0 Å². The van der Waals surface area contributed by atoms with Crippen molar-refractivity contribution in [2.75, 3.05) is 10.7 Å². The van der Waals surface area contributed by atoms with E-state index in [1.165, 1.54) is 0 Å². The summed E-state index contributed by atoms with van der Waals surface area (Å²) in [4.78, 5) is 19.9. The number of hydrogen-bond donors (Lipinski definition) is 3. The van der Waals surface area contributed by atoms with Crippen molar-refractivity contribution in [1.29, 1.82) is 0 Å². The summed E-state index contributed by atoms with van der Waals surface area (Å²) in [5, 5.41) is 2.60. The molecular weight excluding hydrogens is 230 g/mol. The Bertz CT molecular complexity index is 556. The van der Waals surface area contributed by atoms with Crippen molar-refractivity contribution in [3.63, 3.8) is 0 Å². The molecule has 0 radical (unpaired) electrons. The molecule has 0 bridgehead atoms. The van der Waals surface area contributed by atoms with Gasteiger partial charge >= 0.3 is 0 Å². The second-order valence-corrected chi connectivity index (χ2v) is 3.72. The van der Waals surface area contributed by atoms with E-state index in [-0.39, 0.29) is 11.9 Å². The monoisotopic (exact) mass is 243 g/mol. The predicted molar refractivity (Wildman–Crippen MR) is 69.0 cm³/mol. The summed E-state index contributed by atoms with van der Waals surface area (Å²) in [6.45, 7) is 1.92. The normalized spacial score (nSPS) is 9.89. The highest BCUT2D eigenvalue weighted by Crippen LogP contribution is 2.17. The lowest BCUT2D eigenvalue weighted by atomic mass is 10.1. The van der Waals surface area contributed by atoms with Crippen molar-refractivity contribution < 1.29 is 4.79 Å². The summed E-state index contributed by atoms with van der Waals surface area (Å²) in [5.41, 5.74) is 4.51. The van der Waals surface area contributed by atoms with Crippen LogP contribution in [0.5, 0.6) is 0 Å². The molecule has 1 amide bonds. The fourth-order valence-corrected chi connectivity index (χ4v) is 1.51. The first kappa shape index (κ1) is 12.0. The molecule has 0 aliphatic carbocycles. The van der Waals surface area contributed by atoms with Crippen molar-refractivity contribution in [1.82, 2.24) is 9.97 Å². The Morgan fingerprint density at radius 1 is 1.28 bits per heavy atom. The zero-order valence-corrected chi connectivity index (χ0v) is 9.84. The van der Waals surface area contributed by atoms with Crippen molar-refractivity contribution in [2.45, 2.75) is 6.92 Å². The lowest BCUT2D eigenvalue weighted by Gasteiger charge is -2.09. The first-order valence-corrected chi connectivity index (χ1v) is 5.36. The molecule has 0 aliphatic heterocycles. The van der Waals surface area contributed by atoms with Gasteiger partial charge in [-0.3, -0.25) is 16.0 Å². The number of amides is 1. The van der Waals surface area contributed by atoms with Crippen LogP contribution in [0.3, 0.4) is 0 Å². The fraction of sp³-hybridized carbons (Fsp3) is 0.0833. The Kier molecular flexibility index (Phi) is 3.49. The number of hydrazine groups is 1. The standard InChI is InChI=1S/C12H13N5O/c1-8-3-4-9(10(7-8)17-13)11(18)16-12-14-5-2-6-15-12/h2-7,17H,13H2,1H3,(H,14,15,16,18). The quantitative estimate of drug-likeness (QED) is 0.558. The highest BCUT2D eigenvalue weighted by Gasteiger charge is 2.12.